The predicted molar refractivity (Wildman–Crippen MR) is 68.6 cm³/mol. The zero-order valence-electron chi connectivity index (χ0n) is 11.1. The zero-order chi connectivity index (χ0) is 13.3. The summed E-state index contributed by atoms with van der Waals surface area (Å²) in [7, 11) is 4.12. The number of hydrogen-bond donors (Lipinski definition) is 1. The van der Waals surface area contributed by atoms with Crippen LogP contribution >= 0.6 is 0 Å². The van der Waals surface area contributed by atoms with Crippen molar-refractivity contribution in [3.63, 3.8) is 0 Å². The molecule has 2 N–H and O–H groups in total. The summed E-state index contributed by atoms with van der Waals surface area (Å²) in [5.41, 5.74) is 5.91. The van der Waals surface area contributed by atoms with Crippen LogP contribution in [0.3, 0.4) is 0 Å². The summed E-state index contributed by atoms with van der Waals surface area (Å²) in [5, 5.41) is 0. The number of halogens is 1. The van der Waals surface area contributed by atoms with Gasteiger partial charge in [0, 0.05) is 6.54 Å². The lowest BCUT2D eigenvalue weighted by molar-refractivity contribution is 0.219. The van der Waals surface area contributed by atoms with Crippen LogP contribution in [0.25, 0.3) is 0 Å². The Morgan fingerprint density at radius 1 is 1.28 bits per heavy atom. The van der Waals surface area contributed by atoms with Gasteiger partial charge >= 0.3 is 0 Å². The van der Waals surface area contributed by atoms with E-state index in [0.29, 0.717) is 11.5 Å². The van der Waals surface area contributed by atoms with Crippen molar-refractivity contribution in [3.8, 4) is 0 Å². The molecule has 1 unspecified atom stereocenters. The predicted octanol–water partition coefficient (Wildman–Crippen LogP) is 0.815. The molecule has 18 heavy (non-hydrogen) atoms. The van der Waals surface area contributed by atoms with Gasteiger partial charge in [-0.25, -0.2) is 14.4 Å². The molecule has 0 amide bonds. The van der Waals surface area contributed by atoms with E-state index < -0.39 is 5.82 Å². The first kappa shape index (κ1) is 13.2. The van der Waals surface area contributed by atoms with Crippen LogP contribution in [0, 0.1) is 12.7 Å². The van der Waals surface area contributed by atoms with Gasteiger partial charge in [0.2, 0.25) is 0 Å². The number of aromatic nitrogens is 2. The van der Waals surface area contributed by atoms with Crippen molar-refractivity contribution < 1.29 is 4.39 Å². The van der Waals surface area contributed by atoms with E-state index >= 15 is 0 Å². The van der Waals surface area contributed by atoms with E-state index in [1.807, 2.05) is 7.05 Å². The molecule has 6 heteroatoms. The molecule has 0 radical (unpaired) electrons. The van der Waals surface area contributed by atoms with E-state index in [2.05, 4.69) is 26.8 Å². The monoisotopic (exact) mass is 253 g/mol. The molecule has 1 aromatic rings. The Labute approximate surface area is 107 Å². The Hall–Kier alpha value is -1.27. The van der Waals surface area contributed by atoms with Crippen LogP contribution < -0.4 is 5.73 Å². The summed E-state index contributed by atoms with van der Waals surface area (Å²) in [5.74, 6) is 0.0452. The van der Waals surface area contributed by atoms with Crippen LogP contribution in [0.5, 0.6) is 0 Å². The third kappa shape index (κ3) is 2.59. The lowest BCUT2D eigenvalue weighted by atomic mass is 10.2. The molecular weight excluding hydrogens is 233 g/mol. The van der Waals surface area contributed by atoms with Gasteiger partial charge < -0.3 is 10.6 Å². The van der Waals surface area contributed by atoms with Crippen molar-refractivity contribution in [1.82, 2.24) is 19.8 Å². The molecule has 1 aliphatic heterocycles. The van der Waals surface area contributed by atoms with E-state index in [1.54, 1.807) is 6.92 Å². The second-order valence-corrected chi connectivity index (χ2v) is 4.98. The van der Waals surface area contributed by atoms with Crippen LogP contribution in [-0.4, -0.2) is 53.5 Å². The quantitative estimate of drug-likeness (QED) is 0.803. The van der Waals surface area contributed by atoms with E-state index in [-0.39, 0.29) is 11.9 Å². The third-order valence-corrected chi connectivity index (χ3v) is 3.43. The zero-order valence-corrected chi connectivity index (χ0v) is 11.1. The molecular formula is C12H20FN5. The van der Waals surface area contributed by atoms with Crippen molar-refractivity contribution in [1.29, 1.82) is 0 Å². The van der Waals surface area contributed by atoms with Gasteiger partial charge in [-0.2, -0.15) is 0 Å². The maximum atomic E-state index is 13.5. The van der Waals surface area contributed by atoms with Gasteiger partial charge in [0.25, 0.3) is 0 Å². The first-order valence-corrected chi connectivity index (χ1v) is 6.17. The normalized spacial score (nSPS) is 23.0. The number of hydrogen-bond acceptors (Lipinski definition) is 5. The highest BCUT2D eigenvalue weighted by atomic mass is 19.1. The number of nitrogens with zero attached hydrogens (tertiary/aromatic N) is 4. The molecule has 1 atom stereocenters. The standard InChI is InChI=1S/C12H20FN5/c1-8-10(13)11(14)16-12(15-8)9-7-17(2)5-4-6-18(9)3/h9H,4-7H2,1-3H3,(H2,14,15,16). The largest absolute Gasteiger partial charge is 0.381 e. The maximum Gasteiger partial charge on any atom is 0.186 e. The molecule has 0 saturated carbocycles. The number of nitrogen functional groups attached to an aromatic ring is 1. The Morgan fingerprint density at radius 3 is 2.67 bits per heavy atom. The molecule has 2 heterocycles. The molecule has 100 valence electrons. The van der Waals surface area contributed by atoms with E-state index in [1.165, 1.54) is 0 Å². The second-order valence-electron chi connectivity index (χ2n) is 4.98. The molecule has 0 aliphatic carbocycles. The molecule has 5 nitrogen and oxygen atoms in total. The van der Waals surface area contributed by atoms with Gasteiger partial charge in [-0.1, -0.05) is 0 Å². The highest BCUT2D eigenvalue weighted by Crippen LogP contribution is 2.22. The molecule has 1 aromatic heterocycles. The summed E-state index contributed by atoms with van der Waals surface area (Å²) in [6, 6.07) is 0.0686. The Balaban J connectivity index is 2.33. The van der Waals surface area contributed by atoms with Crippen LogP contribution in [0.15, 0.2) is 0 Å². The summed E-state index contributed by atoms with van der Waals surface area (Å²) < 4.78 is 13.5. The fraction of sp³-hybridized carbons (Fsp3) is 0.667. The van der Waals surface area contributed by atoms with Gasteiger partial charge in [0.1, 0.15) is 5.82 Å². The van der Waals surface area contributed by atoms with E-state index in [4.69, 9.17) is 5.73 Å². The first-order chi connectivity index (χ1) is 8.49. The lowest BCUT2D eigenvalue weighted by Gasteiger charge is -2.26. The Morgan fingerprint density at radius 2 is 2.00 bits per heavy atom. The summed E-state index contributed by atoms with van der Waals surface area (Å²) in [6.45, 7) is 4.49. The molecule has 0 aromatic carbocycles. The van der Waals surface area contributed by atoms with E-state index in [0.717, 1.165) is 26.1 Å². The average Bonchev–Trinajstić information content (AvgIpc) is 2.47. The minimum Gasteiger partial charge on any atom is -0.381 e. The van der Waals surface area contributed by atoms with Crippen LogP contribution in [0.1, 0.15) is 24.0 Å². The van der Waals surface area contributed by atoms with Gasteiger partial charge in [-0.05, 0) is 40.5 Å². The topological polar surface area (TPSA) is 58.3 Å². The first-order valence-electron chi connectivity index (χ1n) is 6.17. The van der Waals surface area contributed by atoms with Gasteiger partial charge in [-0.3, -0.25) is 4.90 Å². The third-order valence-electron chi connectivity index (χ3n) is 3.43. The number of aryl methyl sites for hydroxylation is 1. The summed E-state index contributed by atoms with van der Waals surface area (Å²) in [4.78, 5) is 12.8. The molecule has 1 saturated heterocycles. The minimum atomic E-state index is -0.511. The molecule has 1 fully saturated rings. The molecule has 0 spiro atoms. The van der Waals surface area contributed by atoms with Crippen molar-refractivity contribution in [2.24, 2.45) is 0 Å². The van der Waals surface area contributed by atoms with Crippen LogP contribution in [-0.2, 0) is 0 Å². The Bertz CT molecular complexity index is 413. The van der Waals surface area contributed by atoms with Crippen LogP contribution in [0.2, 0.25) is 0 Å². The number of likely N-dealkylation sites (N-methyl/N-ethyl adjacent to an activating group) is 2. The molecule has 2 rings (SSSR count). The fourth-order valence-corrected chi connectivity index (χ4v) is 2.30. The Kier molecular flexibility index (Phi) is 3.77. The highest BCUT2D eigenvalue weighted by molar-refractivity contribution is 5.32. The number of nitrogens with two attached hydrogens (primary N) is 1. The van der Waals surface area contributed by atoms with E-state index in [9.17, 15) is 4.39 Å². The molecule has 1 aliphatic rings. The fourth-order valence-electron chi connectivity index (χ4n) is 2.30. The van der Waals surface area contributed by atoms with Crippen molar-refractivity contribution in [3.05, 3.63) is 17.3 Å². The maximum absolute atomic E-state index is 13.5. The minimum absolute atomic E-state index is 0.0576. The van der Waals surface area contributed by atoms with Crippen molar-refractivity contribution in [2.45, 2.75) is 19.4 Å². The lowest BCUT2D eigenvalue weighted by Crippen LogP contribution is -2.32. The smallest absolute Gasteiger partial charge is 0.186 e. The van der Waals surface area contributed by atoms with Crippen molar-refractivity contribution >= 4 is 5.82 Å². The second kappa shape index (κ2) is 5.16. The SMILES string of the molecule is Cc1nc(C2CN(C)CCCN2C)nc(N)c1F. The van der Waals surface area contributed by atoms with Crippen LogP contribution in [0.4, 0.5) is 10.2 Å². The summed E-state index contributed by atoms with van der Waals surface area (Å²) >= 11 is 0. The van der Waals surface area contributed by atoms with Gasteiger partial charge in [0.15, 0.2) is 11.6 Å². The van der Waals surface area contributed by atoms with Gasteiger partial charge in [-0.15, -0.1) is 0 Å². The molecule has 0 bridgehead atoms. The number of anilines is 1. The number of rotatable bonds is 1. The van der Waals surface area contributed by atoms with Crippen molar-refractivity contribution in [2.75, 3.05) is 39.5 Å². The van der Waals surface area contributed by atoms with Gasteiger partial charge in [0.05, 0.1) is 11.7 Å². The summed E-state index contributed by atoms with van der Waals surface area (Å²) in [6.07, 6.45) is 1.11. The average molecular weight is 253 g/mol. The highest BCUT2D eigenvalue weighted by Gasteiger charge is 2.25.